The first-order chi connectivity index (χ1) is 10.8. The number of rotatable bonds is 5. The second-order valence-corrected chi connectivity index (χ2v) is 7.33. The minimum absolute atomic E-state index is 0.139. The number of halogens is 1. The zero-order valence-corrected chi connectivity index (χ0v) is 14.3. The average Bonchev–Trinajstić information content (AvgIpc) is 2.50. The molecule has 0 radical (unpaired) electrons. The number of carbonyl (C=O) groups is 1. The third-order valence-corrected chi connectivity index (χ3v) is 4.99. The third kappa shape index (κ3) is 4.79. The summed E-state index contributed by atoms with van der Waals surface area (Å²) in [6.07, 6.45) is 0. The van der Waals surface area contributed by atoms with Gasteiger partial charge in [-0.1, -0.05) is 17.7 Å². The Bertz CT molecular complexity index is 818. The maximum atomic E-state index is 12.2. The lowest BCUT2D eigenvalue weighted by atomic mass is 10.1. The normalized spacial score (nSPS) is 11.3. The predicted octanol–water partition coefficient (Wildman–Crippen LogP) is 2.87. The minimum Gasteiger partial charge on any atom is -0.325 e. The first-order valence-electron chi connectivity index (χ1n) is 6.90. The molecular weight excluding hydrogens is 336 g/mol. The topological polar surface area (TPSA) is 75.3 Å². The number of sulfonamides is 1. The van der Waals surface area contributed by atoms with Crippen LogP contribution >= 0.6 is 11.6 Å². The van der Waals surface area contributed by atoms with E-state index < -0.39 is 15.9 Å². The van der Waals surface area contributed by atoms with Crippen molar-refractivity contribution in [2.75, 3.05) is 11.9 Å². The van der Waals surface area contributed by atoms with Gasteiger partial charge >= 0.3 is 0 Å². The second-order valence-electron chi connectivity index (χ2n) is 5.13. The van der Waals surface area contributed by atoms with Crippen molar-refractivity contribution < 1.29 is 13.2 Å². The van der Waals surface area contributed by atoms with Crippen molar-refractivity contribution in [3.63, 3.8) is 0 Å². The van der Waals surface area contributed by atoms with Gasteiger partial charge in [-0.2, -0.15) is 0 Å². The summed E-state index contributed by atoms with van der Waals surface area (Å²) in [5.74, 6) is -0.459. The molecule has 2 rings (SSSR count). The number of anilines is 1. The number of hydrogen-bond donors (Lipinski definition) is 2. The maximum absolute atomic E-state index is 12.2. The van der Waals surface area contributed by atoms with Gasteiger partial charge in [-0.15, -0.1) is 0 Å². The van der Waals surface area contributed by atoms with E-state index in [2.05, 4.69) is 10.0 Å². The lowest BCUT2D eigenvalue weighted by Gasteiger charge is -2.09. The molecule has 23 heavy (non-hydrogen) atoms. The molecule has 0 saturated heterocycles. The van der Waals surface area contributed by atoms with Gasteiger partial charge in [0.25, 0.3) is 0 Å². The van der Waals surface area contributed by atoms with Crippen molar-refractivity contribution in [3.8, 4) is 0 Å². The molecule has 0 saturated carbocycles. The smallest absolute Gasteiger partial charge is 0.241 e. The van der Waals surface area contributed by atoms with Gasteiger partial charge in [-0.3, -0.25) is 4.79 Å². The quantitative estimate of drug-likeness (QED) is 0.868. The summed E-state index contributed by atoms with van der Waals surface area (Å²) in [6.45, 7) is 3.39. The van der Waals surface area contributed by atoms with E-state index in [1.54, 1.807) is 36.4 Å². The van der Waals surface area contributed by atoms with Gasteiger partial charge in [0.2, 0.25) is 15.9 Å². The minimum atomic E-state index is -3.73. The van der Waals surface area contributed by atoms with Gasteiger partial charge in [-0.05, 0) is 61.4 Å². The highest BCUT2D eigenvalue weighted by Crippen LogP contribution is 2.15. The summed E-state index contributed by atoms with van der Waals surface area (Å²) in [5, 5.41) is 3.14. The summed E-state index contributed by atoms with van der Waals surface area (Å²) in [4.78, 5) is 12.0. The summed E-state index contributed by atoms with van der Waals surface area (Å²) in [6, 6.07) is 11.4. The summed E-state index contributed by atoms with van der Waals surface area (Å²) in [5.41, 5.74) is 2.42. The SMILES string of the molecule is Cc1ccc(S(=O)(=O)NCC(=O)Nc2ccc(Cl)cc2)cc1C. The highest BCUT2D eigenvalue weighted by molar-refractivity contribution is 7.89. The van der Waals surface area contributed by atoms with E-state index in [0.29, 0.717) is 10.7 Å². The first-order valence-corrected chi connectivity index (χ1v) is 8.76. The molecule has 0 unspecified atom stereocenters. The molecule has 0 atom stereocenters. The van der Waals surface area contributed by atoms with Crippen molar-refractivity contribution in [2.24, 2.45) is 0 Å². The fourth-order valence-electron chi connectivity index (χ4n) is 1.86. The third-order valence-electron chi connectivity index (χ3n) is 3.34. The zero-order valence-electron chi connectivity index (χ0n) is 12.8. The lowest BCUT2D eigenvalue weighted by molar-refractivity contribution is -0.115. The summed E-state index contributed by atoms with van der Waals surface area (Å²) < 4.78 is 26.7. The Hall–Kier alpha value is -1.89. The number of amides is 1. The van der Waals surface area contributed by atoms with Crippen LogP contribution < -0.4 is 10.0 Å². The van der Waals surface area contributed by atoms with Crippen molar-refractivity contribution in [1.29, 1.82) is 0 Å². The number of aryl methyl sites for hydroxylation is 2. The van der Waals surface area contributed by atoms with E-state index in [4.69, 9.17) is 11.6 Å². The van der Waals surface area contributed by atoms with Crippen LogP contribution in [0.2, 0.25) is 5.02 Å². The van der Waals surface area contributed by atoms with Crippen LogP contribution in [0.25, 0.3) is 0 Å². The Morgan fingerprint density at radius 2 is 1.70 bits per heavy atom. The fraction of sp³-hybridized carbons (Fsp3) is 0.188. The average molecular weight is 353 g/mol. The van der Waals surface area contributed by atoms with Gasteiger partial charge < -0.3 is 5.32 Å². The van der Waals surface area contributed by atoms with E-state index >= 15 is 0 Å². The molecule has 2 aromatic rings. The number of benzene rings is 2. The Morgan fingerprint density at radius 3 is 2.30 bits per heavy atom. The van der Waals surface area contributed by atoms with Crippen molar-refractivity contribution in [1.82, 2.24) is 4.72 Å². The largest absolute Gasteiger partial charge is 0.325 e. The van der Waals surface area contributed by atoms with E-state index in [1.165, 1.54) is 6.07 Å². The van der Waals surface area contributed by atoms with E-state index in [9.17, 15) is 13.2 Å². The highest BCUT2D eigenvalue weighted by Gasteiger charge is 2.16. The molecule has 0 spiro atoms. The molecule has 0 heterocycles. The monoisotopic (exact) mass is 352 g/mol. The van der Waals surface area contributed by atoms with Gasteiger partial charge in [0.15, 0.2) is 0 Å². The molecule has 0 aliphatic heterocycles. The van der Waals surface area contributed by atoms with Gasteiger partial charge in [0, 0.05) is 10.7 Å². The van der Waals surface area contributed by atoms with Crippen LogP contribution in [0.3, 0.4) is 0 Å². The summed E-state index contributed by atoms with van der Waals surface area (Å²) >= 11 is 5.76. The Morgan fingerprint density at radius 1 is 1.04 bits per heavy atom. The fourth-order valence-corrected chi connectivity index (χ4v) is 3.06. The lowest BCUT2D eigenvalue weighted by Crippen LogP contribution is -2.32. The Balaban J connectivity index is 1.99. The van der Waals surface area contributed by atoms with Crippen LogP contribution in [-0.2, 0) is 14.8 Å². The highest BCUT2D eigenvalue weighted by atomic mass is 35.5. The molecule has 2 aromatic carbocycles. The van der Waals surface area contributed by atoms with Gasteiger partial charge in [0.05, 0.1) is 11.4 Å². The van der Waals surface area contributed by atoms with E-state index in [0.717, 1.165) is 11.1 Å². The molecule has 0 bridgehead atoms. The zero-order chi connectivity index (χ0) is 17.0. The second kappa shape index (κ2) is 7.12. The maximum Gasteiger partial charge on any atom is 0.241 e. The molecule has 0 aromatic heterocycles. The molecule has 122 valence electrons. The van der Waals surface area contributed by atoms with Crippen LogP contribution in [-0.4, -0.2) is 20.9 Å². The van der Waals surface area contributed by atoms with Crippen LogP contribution in [0, 0.1) is 13.8 Å². The molecule has 0 fully saturated rings. The molecule has 0 aliphatic rings. The summed E-state index contributed by atoms with van der Waals surface area (Å²) in [7, 11) is -3.73. The molecule has 0 aliphatic carbocycles. The van der Waals surface area contributed by atoms with E-state index in [-0.39, 0.29) is 11.4 Å². The number of carbonyl (C=O) groups excluding carboxylic acids is 1. The predicted molar refractivity (Wildman–Crippen MR) is 91.2 cm³/mol. The molecule has 1 amide bonds. The Kier molecular flexibility index (Phi) is 5.41. The van der Waals surface area contributed by atoms with Crippen LogP contribution in [0.4, 0.5) is 5.69 Å². The van der Waals surface area contributed by atoms with Gasteiger partial charge in [-0.25, -0.2) is 13.1 Å². The van der Waals surface area contributed by atoms with Crippen molar-refractivity contribution in [2.45, 2.75) is 18.7 Å². The van der Waals surface area contributed by atoms with Gasteiger partial charge in [0.1, 0.15) is 0 Å². The molecule has 7 heteroatoms. The number of nitrogens with one attached hydrogen (secondary N) is 2. The molecule has 5 nitrogen and oxygen atoms in total. The van der Waals surface area contributed by atoms with Crippen LogP contribution in [0.15, 0.2) is 47.4 Å². The van der Waals surface area contributed by atoms with Crippen molar-refractivity contribution in [3.05, 3.63) is 58.6 Å². The molecular formula is C16H17ClN2O3S. The van der Waals surface area contributed by atoms with E-state index in [1.807, 2.05) is 13.8 Å². The van der Waals surface area contributed by atoms with Crippen LogP contribution in [0.5, 0.6) is 0 Å². The number of hydrogen-bond acceptors (Lipinski definition) is 3. The molecule has 2 N–H and O–H groups in total. The van der Waals surface area contributed by atoms with Crippen LogP contribution in [0.1, 0.15) is 11.1 Å². The standard InChI is InChI=1S/C16H17ClN2O3S/c1-11-3-8-15(9-12(11)2)23(21,22)18-10-16(20)19-14-6-4-13(17)5-7-14/h3-9,18H,10H2,1-2H3,(H,19,20). The first kappa shape index (κ1) is 17.5. The Labute approximate surface area is 140 Å². The van der Waals surface area contributed by atoms with Crippen molar-refractivity contribution >= 4 is 33.2 Å².